The molecular formula is C15H19N3. The summed E-state index contributed by atoms with van der Waals surface area (Å²) in [5.74, 6) is 2.16. The van der Waals surface area contributed by atoms with Crippen molar-refractivity contribution in [2.24, 2.45) is 5.92 Å². The van der Waals surface area contributed by atoms with Crippen molar-refractivity contribution in [2.75, 3.05) is 6.54 Å². The van der Waals surface area contributed by atoms with Gasteiger partial charge in [0.15, 0.2) is 0 Å². The summed E-state index contributed by atoms with van der Waals surface area (Å²) in [7, 11) is 0. The third-order valence-corrected chi connectivity index (χ3v) is 3.99. The molecule has 94 valence electrons. The van der Waals surface area contributed by atoms with Crippen LogP contribution in [0.15, 0.2) is 24.3 Å². The van der Waals surface area contributed by atoms with Gasteiger partial charge in [-0.25, -0.2) is 4.98 Å². The van der Waals surface area contributed by atoms with E-state index in [1.54, 1.807) is 0 Å². The molecule has 3 heteroatoms. The molecular weight excluding hydrogens is 222 g/mol. The Morgan fingerprint density at radius 3 is 2.78 bits per heavy atom. The van der Waals surface area contributed by atoms with Crippen LogP contribution in [0.3, 0.4) is 0 Å². The van der Waals surface area contributed by atoms with E-state index in [1.165, 1.54) is 37.0 Å². The summed E-state index contributed by atoms with van der Waals surface area (Å²) < 4.78 is 2.45. The second kappa shape index (κ2) is 4.09. The Balaban J connectivity index is 1.62. The Hall–Kier alpha value is -1.35. The molecule has 0 spiro atoms. The van der Waals surface area contributed by atoms with Crippen molar-refractivity contribution in [3.8, 4) is 0 Å². The van der Waals surface area contributed by atoms with E-state index in [0.717, 1.165) is 24.5 Å². The van der Waals surface area contributed by atoms with E-state index >= 15 is 0 Å². The monoisotopic (exact) mass is 241 g/mol. The normalized spacial score (nSPS) is 19.6. The number of fused-ring (bicyclic) bond motifs is 1. The number of aromatic nitrogens is 2. The predicted octanol–water partition coefficient (Wildman–Crippen LogP) is 2.87. The smallest absolute Gasteiger partial charge is 0.124 e. The topological polar surface area (TPSA) is 29.9 Å². The van der Waals surface area contributed by atoms with E-state index in [4.69, 9.17) is 4.98 Å². The largest absolute Gasteiger partial charge is 0.324 e. The average Bonchev–Trinajstić information content (AvgIpc) is 3.28. The minimum Gasteiger partial charge on any atom is -0.324 e. The third-order valence-electron chi connectivity index (χ3n) is 3.99. The number of hydrogen-bond acceptors (Lipinski definition) is 2. The van der Waals surface area contributed by atoms with Crippen LogP contribution in [-0.2, 0) is 6.54 Å². The summed E-state index contributed by atoms with van der Waals surface area (Å²) in [6.45, 7) is 2.08. The van der Waals surface area contributed by atoms with Crippen molar-refractivity contribution in [3.05, 3.63) is 30.1 Å². The molecule has 0 aliphatic heterocycles. The number of para-hydroxylation sites is 2. The second-order valence-corrected chi connectivity index (χ2v) is 5.69. The number of imidazole rings is 1. The lowest BCUT2D eigenvalue weighted by molar-refractivity contribution is 0.589. The van der Waals surface area contributed by atoms with Crippen molar-refractivity contribution in [1.82, 2.24) is 14.9 Å². The van der Waals surface area contributed by atoms with Crippen LogP contribution in [0.1, 0.15) is 37.5 Å². The summed E-state index contributed by atoms with van der Waals surface area (Å²) in [5.41, 5.74) is 2.45. The van der Waals surface area contributed by atoms with Gasteiger partial charge in [-0.1, -0.05) is 12.1 Å². The zero-order chi connectivity index (χ0) is 11.9. The fourth-order valence-corrected chi connectivity index (χ4v) is 2.67. The van der Waals surface area contributed by atoms with Gasteiger partial charge in [-0.2, -0.15) is 0 Å². The standard InChI is InChI=1S/C15H19N3/c1-2-4-14-13(3-1)17-15(18(14)12-7-8-12)10-16-9-11-5-6-11/h1-4,11-12,16H,5-10H2. The summed E-state index contributed by atoms with van der Waals surface area (Å²) in [4.78, 5) is 4.79. The lowest BCUT2D eigenvalue weighted by Crippen LogP contribution is -2.19. The number of hydrogen-bond donors (Lipinski definition) is 1. The number of benzene rings is 1. The van der Waals surface area contributed by atoms with Gasteiger partial charge in [-0.15, -0.1) is 0 Å². The Bertz CT molecular complexity index is 564. The molecule has 2 aliphatic carbocycles. The van der Waals surface area contributed by atoms with E-state index in [0.29, 0.717) is 6.04 Å². The van der Waals surface area contributed by atoms with Gasteiger partial charge in [0.2, 0.25) is 0 Å². The second-order valence-electron chi connectivity index (χ2n) is 5.69. The predicted molar refractivity (Wildman–Crippen MR) is 72.4 cm³/mol. The third kappa shape index (κ3) is 1.93. The van der Waals surface area contributed by atoms with Crippen LogP contribution in [0.5, 0.6) is 0 Å². The molecule has 4 rings (SSSR count). The van der Waals surface area contributed by atoms with E-state index < -0.39 is 0 Å². The first-order chi connectivity index (χ1) is 8.92. The number of rotatable bonds is 5. The first kappa shape index (κ1) is 10.6. The molecule has 3 nitrogen and oxygen atoms in total. The first-order valence-electron chi connectivity index (χ1n) is 7.08. The van der Waals surface area contributed by atoms with E-state index in [2.05, 4.69) is 34.1 Å². The van der Waals surface area contributed by atoms with Gasteiger partial charge in [-0.3, -0.25) is 0 Å². The van der Waals surface area contributed by atoms with Gasteiger partial charge >= 0.3 is 0 Å². The van der Waals surface area contributed by atoms with Crippen LogP contribution in [0.4, 0.5) is 0 Å². The molecule has 2 fully saturated rings. The van der Waals surface area contributed by atoms with Crippen LogP contribution >= 0.6 is 0 Å². The molecule has 1 N–H and O–H groups in total. The van der Waals surface area contributed by atoms with Crippen molar-refractivity contribution < 1.29 is 0 Å². The Labute approximate surface area is 107 Å². The molecule has 0 radical (unpaired) electrons. The molecule has 18 heavy (non-hydrogen) atoms. The van der Waals surface area contributed by atoms with E-state index in [9.17, 15) is 0 Å². The molecule has 0 bridgehead atoms. The van der Waals surface area contributed by atoms with Gasteiger partial charge in [0.25, 0.3) is 0 Å². The zero-order valence-electron chi connectivity index (χ0n) is 10.6. The summed E-state index contributed by atoms with van der Waals surface area (Å²) >= 11 is 0. The fourth-order valence-electron chi connectivity index (χ4n) is 2.67. The highest BCUT2D eigenvalue weighted by Gasteiger charge is 2.28. The minimum absolute atomic E-state index is 0.704. The lowest BCUT2D eigenvalue weighted by Gasteiger charge is -2.08. The summed E-state index contributed by atoms with van der Waals surface area (Å²) in [6, 6.07) is 9.22. The van der Waals surface area contributed by atoms with Crippen molar-refractivity contribution >= 4 is 11.0 Å². The summed E-state index contributed by atoms with van der Waals surface area (Å²) in [5, 5.41) is 3.56. The maximum absolute atomic E-state index is 4.79. The fraction of sp³-hybridized carbons (Fsp3) is 0.533. The van der Waals surface area contributed by atoms with E-state index in [-0.39, 0.29) is 0 Å². The maximum atomic E-state index is 4.79. The number of nitrogens with zero attached hydrogens (tertiary/aromatic N) is 2. The van der Waals surface area contributed by atoms with Crippen molar-refractivity contribution in [2.45, 2.75) is 38.3 Å². The van der Waals surface area contributed by atoms with Crippen molar-refractivity contribution in [1.29, 1.82) is 0 Å². The van der Waals surface area contributed by atoms with Gasteiger partial charge in [0.1, 0.15) is 5.82 Å². The van der Waals surface area contributed by atoms with Crippen LogP contribution in [0.25, 0.3) is 11.0 Å². The zero-order valence-corrected chi connectivity index (χ0v) is 10.6. The lowest BCUT2D eigenvalue weighted by atomic mass is 10.3. The molecule has 1 heterocycles. The Morgan fingerprint density at radius 2 is 2.00 bits per heavy atom. The Kier molecular flexibility index (Phi) is 2.40. The molecule has 0 unspecified atom stereocenters. The molecule has 2 saturated carbocycles. The minimum atomic E-state index is 0.704. The van der Waals surface area contributed by atoms with Crippen LogP contribution < -0.4 is 5.32 Å². The van der Waals surface area contributed by atoms with Crippen LogP contribution in [0.2, 0.25) is 0 Å². The van der Waals surface area contributed by atoms with Crippen molar-refractivity contribution in [3.63, 3.8) is 0 Å². The van der Waals surface area contributed by atoms with Gasteiger partial charge in [0.05, 0.1) is 17.6 Å². The quantitative estimate of drug-likeness (QED) is 0.872. The summed E-state index contributed by atoms with van der Waals surface area (Å²) in [6.07, 6.45) is 5.45. The molecule has 2 aliphatic rings. The molecule has 0 saturated heterocycles. The highest BCUT2D eigenvalue weighted by atomic mass is 15.1. The van der Waals surface area contributed by atoms with Crippen LogP contribution in [0, 0.1) is 5.92 Å². The highest BCUT2D eigenvalue weighted by Crippen LogP contribution is 2.38. The first-order valence-corrected chi connectivity index (χ1v) is 7.08. The van der Waals surface area contributed by atoms with Gasteiger partial charge in [0, 0.05) is 6.04 Å². The molecule has 2 aromatic rings. The van der Waals surface area contributed by atoms with E-state index in [1.807, 2.05) is 0 Å². The van der Waals surface area contributed by atoms with Gasteiger partial charge in [-0.05, 0) is 50.3 Å². The number of nitrogens with one attached hydrogen (secondary N) is 1. The highest BCUT2D eigenvalue weighted by molar-refractivity contribution is 5.76. The average molecular weight is 241 g/mol. The van der Waals surface area contributed by atoms with Crippen LogP contribution in [-0.4, -0.2) is 16.1 Å². The van der Waals surface area contributed by atoms with Gasteiger partial charge < -0.3 is 9.88 Å². The molecule has 1 aromatic heterocycles. The maximum Gasteiger partial charge on any atom is 0.124 e. The Morgan fingerprint density at radius 1 is 1.17 bits per heavy atom. The molecule has 0 amide bonds. The SMILES string of the molecule is c1ccc2c(c1)nc(CNCC1CC1)n2C1CC1. The molecule has 1 aromatic carbocycles. The molecule has 0 atom stereocenters.